The first kappa shape index (κ1) is 27.2. The van der Waals surface area contributed by atoms with Crippen LogP contribution in [-0.2, 0) is 19.6 Å². The van der Waals surface area contributed by atoms with Crippen molar-refractivity contribution in [2.24, 2.45) is 23.7 Å². The van der Waals surface area contributed by atoms with Gasteiger partial charge in [0.15, 0.2) is 0 Å². The molecule has 0 spiro atoms. The van der Waals surface area contributed by atoms with E-state index in [-0.39, 0.29) is 66.3 Å². The van der Waals surface area contributed by atoms with Crippen molar-refractivity contribution in [1.29, 1.82) is 0 Å². The van der Waals surface area contributed by atoms with Gasteiger partial charge in [0.1, 0.15) is 0 Å². The van der Waals surface area contributed by atoms with Crippen LogP contribution >= 0.6 is 0 Å². The number of sulfonamides is 1. The normalized spacial score (nSPS) is 39.2. The molecule has 7 atom stereocenters. The van der Waals surface area contributed by atoms with E-state index in [0.717, 1.165) is 19.3 Å². The summed E-state index contributed by atoms with van der Waals surface area (Å²) in [5.41, 5.74) is 0. The smallest absolute Gasteiger partial charge is 0.335 e. The van der Waals surface area contributed by atoms with E-state index in [9.17, 15) is 31.2 Å². The number of rotatable bonds is 3. The number of fused-ring (bicyclic) bond motifs is 1. The number of carbonyl (C=O) groups excluding carboxylic acids is 2. The second kappa shape index (κ2) is 9.99. The topological polar surface area (TPSA) is 78.0 Å². The van der Waals surface area contributed by atoms with Crippen LogP contribution in [0.1, 0.15) is 78.1 Å². The Balaban J connectivity index is 1.39. The van der Waals surface area contributed by atoms with Crippen molar-refractivity contribution in [3.8, 4) is 0 Å². The Morgan fingerprint density at radius 1 is 0.892 bits per heavy atom. The maximum absolute atomic E-state index is 14.0. The highest BCUT2D eigenvalue weighted by atomic mass is 32.2. The van der Waals surface area contributed by atoms with Gasteiger partial charge in [-0.05, 0) is 76.5 Å². The molecule has 3 aliphatic carbocycles. The van der Waals surface area contributed by atoms with Crippen LogP contribution in [0.25, 0.3) is 0 Å². The molecule has 37 heavy (non-hydrogen) atoms. The summed E-state index contributed by atoms with van der Waals surface area (Å²) in [7, 11) is -3.51. The summed E-state index contributed by atoms with van der Waals surface area (Å²) in [6, 6.07) is -1.01. The van der Waals surface area contributed by atoms with E-state index in [4.69, 9.17) is 0 Å². The quantitative estimate of drug-likeness (QED) is 0.539. The first-order valence-electron chi connectivity index (χ1n) is 14.0. The molecular weight excluding hydrogens is 507 g/mol. The van der Waals surface area contributed by atoms with Gasteiger partial charge in [-0.1, -0.05) is 6.42 Å². The standard InChI is InChI=1S/C26H40F3N3O4S/c1-16-15-30(25(34)18-5-3-6-18)24-13-19(7-8-23(24)32(16)17(2)33)20-11-21(26(27,28)29)14-22(12-20)31-9-4-10-37(31,35)36/h16,18-24H,3-15H2,1-2H3/t16-,19?,20?,21?,22?,23?,24?/m0/s1. The highest BCUT2D eigenvalue weighted by Crippen LogP contribution is 2.49. The van der Waals surface area contributed by atoms with Crippen molar-refractivity contribution in [1.82, 2.24) is 14.1 Å². The Morgan fingerprint density at radius 2 is 1.62 bits per heavy atom. The van der Waals surface area contributed by atoms with Crippen LogP contribution in [0, 0.1) is 23.7 Å². The largest absolute Gasteiger partial charge is 0.391 e. The van der Waals surface area contributed by atoms with Gasteiger partial charge in [0.25, 0.3) is 0 Å². The zero-order valence-corrected chi connectivity index (χ0v) is 22.6. The van der Waals surface area contributed by atoms with E-state index >= 15 is 0 Å². The second-order valence-corrected chi connectivity index (χ2v) is 14.3. The fourth-order valence-corrected chi connectivity index (χ4v) is 9.82. The zero-order valence-electron chi connectivity index (χ0n) is 21.8. The molecule has 5 aliphatic rings. The zero-order chi connectivity index (χ0) is 26.7. The van der Waals surface area contributed by atoms with Crippen molar-refractivity contribution in [2.45, 2.75) is 108 Å². The molecule has 3 saturated carbocycles. The van der Waals surface area contributed by atoms with Crippen LogP contribution in [0.15, 0.2) is 0 Å². The van der Waals surface area contributed by atoms with E-state index in [0.29, 0.717) is 45.2 Å². The summed E-state index contributed by atoms with van der Waals surface area (Å²) in [5.74, 6) is -1.66. The highest BCUT2D eigenvalue weighted by Gasteiger charge is 2.53. The molecule has 2 amide bonds. The van der Waals surface area contributed by atoms with Crippen LogP contribution < -0.4 is 0 Å². The van der Waals surface area contributed by atoms with Crippen molar-refractivity contribution < 1.29 is 31.2 Å². The minimum absolute atomic E-state index is 0.00926. The van der Waals surface area contributed by atoms with Crippen LogP contribution in [0.2, 0.25) is 0 Å². The maximum Gasteiger partial charge on any atom is 0.391 e. The predicted molar refractivity (Wildman–Crippen MR) is 132 cm³/mol. The molecule has 0 bridgehead atoms. The molecule has 2 saturated heterocycles. The van der Waals surface area contributed by atoms with Gasteiger partial charge >= 0.3 is 6.18 Å². The van der Waals surface area contributed by atoms with Crippen molar-refractivity contribution in [3.63, 3.8) is 0 Å². The minimum atomic E-state index is -4.37. The average molecular weight is 548 g/mol. The lowest BCUT2D eigenvalue weighted by Crippen LogP contribution is -2.68. The summed E-state index contributed by atoms with van der Waals surface area (Å²) < 4.78 is 68.6. The van der Waals surface area contributed by atoms with Crippen molar-refractivity contribution in [2.75, 3.05) is 18.8 Å². The molecule has 210 valence electrons. The molecule has 11 heteroatoms. The Labute approximate surface area is 218 Å². The number of piperazine rings is 1. The van der Waals surface area contributed by atoms with E-state index in [1.54, 1.807) is 6.92 Å². The Morgan fingerprint density at radius 3 is 2.19 bits per heavy atom. The van der Waals surface area contributed by atoms with Gasteiger partial charge in [-0.25, -0.2) is 8.42 Å². The number of nitrogens with zero attached hydrogens (tertiary/aromatic N) is 3. The van der Waals surface area contributed by atoms with Gasteiger partial charge in [-0.3, -0.25) is 9.59 Å². The number of carbonyl (C=O) groups is 2. The highest BCUT2D eigenvalue weighted by molar-refractivity contribution is 7.89. The molecule has 5 fully saturated rings. The molecule has 0 N–H and O–H groups in total. The van der Waals surface area contributed by atoms with Crippen LogP contribution in [-0.4, -0.2) is 83.5 Å². The van der Waals surface area contributed by atoms with Gasteiger partial charge in [-0.15, -0.1) is 0 Å². The minimum Gasteiger partial charge on any atom is -0.335 e. The number of alkyl halides is 3. The lowest BCUT2D eigenvalue weighted by Gasteiger charge is -2.56. The molecule has 7 nitrogen and oxygen atoms in total. The van der Waals surface area contributed by atoms with Crippen LogP contribution in [0.3, 0.4) is 0 Å². The Hall–Kier alpha value is -1.36. The van der Waals surface area contributed by atoms with Crippen LogP contribution in [0.4, 0.5) is 13.2 Å². The lowest BCUT2D eigenvalue weighted by atomic mass is 9.66. The van der Waals surface area contributed by atoms with E-state index in [2.05, 4.69) is 0 Å². The molecule has 6 unspecified atom stereocenters. The monoisotopic (exact) mass is 547 g/mol. The number of halogens is 3. The number of amides is 2. The van der Waals surface area contributed by atoms with E-state index in [1.807, 2.05) is 16.7 Å². The fourth-order valence-electron chi connectivity index (χ4n) is 8.06. The Kier molecular flexibility index (Phi) is 7.35. The van der Waals surface area contributed by atoms with Gasteiger partial charge in [-0.2, -0.15) is 17.5 Å². The molecule has 0 radical (unpaired) electrons. The fraction of sp³-hybridized carbons (Fsp3) is 0.923. The second-order valence-electron chi connectivity index (χ2n) is 12.2. The molecular formula is C26H40F3N3O4S. The summed E-state index contributed by atoms with van der Waals surface area (Å²) >= 11 is 0. The summed E-state index contributed by atoms with van der Waals surface area (Å²) in [5, 5.41) is 0. The van der Waals surface area contributed by atoms with Crippen molar-refractivity contribution >= 4 is 21.8 Å². The van der Waals surface area contributed by atoms with E-state index < -0.39 is 28.2 Å². The van der Waals surface area contributed by atoms with Crippen LogP contribution in [0.5, 0.6) is 0 Å². The Bertz CT molecular complexity index is 1000. The van der Waals surface area contributed by atoms with Gasteiger partial charge in [0.05, 0.1) is 23.8 Å². The molecule has 5 rings (SSSR count). The lowest BCUT2D eigenvalue weighted by molar-refractivity contribution is -0.193. The first-order valence-corrected chi connectivity index (χ1v) is 15.6. The molecule has 0 aromatic rings. The maximum atomic E-state index is 14.0. The summed E-state index contributed by atoms with van der Waals surface area (Å²) in [6.07, 6.45) is 1.11. The first-order chi connectivity index (χ1) is 17.4. The summed E-state index contributed by atoms with van der Waals surface area (Å²) in [4.78, 5) is 29.8. The molecule has 0 aromatic carbocycles. The SMILES string of the molecule is CC(=O)N1C2CCC(C3CC(N4CCCS4(=O)=O)CC(C(F)(F)F)C3)CC2N(C(=O)C2CCC2)C[C@@H]1C. The third-order valence-corrected chi connectivity index (χ3v) is 12.0. The molecule has 0 aromatic heterocycles. The molecule has 2 aliphatic heterocycles. The van der Waals surface area contributed by atoms with Gasteiger partial charge < -0.3 is 9.80 Å². The average Bonchev–Trinajstić information content (AvgIpc) is 3.14. The number of hydrogen-bond donors (Lipinski definition) is 0. The van der Waals surface area contributed by atoms with E-state index in [1.165, 1.54) is 4.31 Å². The number of hydrogen-bond acceptors (Lipinski definition) is 4. The van der Waals surface area contributed by atoms with Gasteiger partial charge in [0, 0.05) is 38.0 Å². The van der Waals surface area contributed by atoms with Gasteiger partial charge in [0.2, 0.25) is 21.8 Å². The summed E-state index contributed by atoms with van der Waals surface area (Å²) in [6.45, 7) is 4.29. The predicted octanol–water partition coefficient (Wildman–Crippen LogP) is 3.79. The van der Waals surface area contributed by atoms with Crippen molar-refractivity contribution in [3.05, 3.63) is 0 Å². The third kappa shape index (κ3) is 5.15. The third-order valence-electron chi connectivity index (χ3n) is 10.0. The molecule has 2 heterocycles.